The molecule has 1 aromatic carbocycles. The van der Waals surface area contributed by atoms with Gasteiger partial charge in [0.25, 0.3) is 0 Å². The number of carboxylic acids is 1. The minimum absolute atomic E-state index is 0.128. The molecule has 5 heteroatoms. The number of hydrogen-bond acceptors (Lipinski definition) is 3. The first-order chi connectivity index (χ1) is 8.16. The molecule has 17 heavy (non-hydrogen) atoms. The van der Waals surface area contributed by atoms with Gasteiger partial charge in [0.15, 0.2) is 0 Å². The summed E-state index contributed by atoms with van der Waals surface area (Å²) in [4.78, 5) is 10.6. The van der Waals surface area contributed by atoms with Crippen LogP contribution in [0.15, 0.2) is 24.3 Å². The molecule has 1 aliphatic heterocycles. The lowest BCUT2D eigenvalue weighted by Gasteiger charge is -2.23. The highest BCUT2D eigenvalue weighted by molar-refractivity contribution is 7.13. The van der Waals surface area contributed by atoms with Crippen molar-refractivity contribution in [2.45, 2.75) is 25.4 Å². The molecule has 2 atom stereocenters. The van der Waals surface area contributed by atoms with E-state index in [1.807, 2.05) is 24.3 Å². The average molecular weight is 253 g/mol. The van der Waals surface area contributed by atoms with Gasteiger partial charge in [-0.1, -0.05) is 27.6 Å². The standard InChI is InChI=1S/C12H16NO3P/c14-12(15)6-5-10-8-16-11-4-2-1-3-9(11)7-13(10)17/h1-4,10H,5-8,17H2,(H,14,15). The van der Waals surface area contributed by atoms with Crippen LogP contribution in [-0.4, -0.2) is 28.4 Å². The number of aliphatic carboxylic acids is 1. The van der Waals surface area contributed by atoms with Crippen LogP contribution in [0, 0.1) is 0 Å². The van der Waals surface area contributed by atoms with Gasteiger partial charge in [0.05, 0.1) is 0 Å². The lowest BCUT2D eigenvalue weighted by molar-refractivity contribution is -0.137. The molecule has 2 rings (SSSR count). The van der Waals surface area contributed by atoms with Gasteiger partial charge in [-0.25, -0.2) is 0 Å². The van der Waals surface area contributed by atoms with Crippen molar-refractivity contribution in [2.24, 2.45) is 0 Å². The van der Waals surface area contributed by atoms with Gasteiger partial charge in [-0.2, -0.15) is 0 Å². The van der Waals surface area contributed by atoms with Gasteiger partial charge in [0, 0.05) is 24.6 Å². The highest BCUT2D eigenvalue weighted by Crippen LogP contribution is 2.27. The monoisotopic (exact) mass is 253 g/mol. The average Bonchev–Trinajstić information content (AvgIpc) is 2.45. The minimum Gasteiger partial charge on any atom is -0.492 e. The highest BCUT2D eigenvalue weighted by Gasteiger charge is 2.22. The second-order valence-corrected chi connectivity index (χ2v) is 4.84. The van der Waals surface area contributed by atoms with Crippen molar-refractivity contribution in [3.63, 3.8) is 0 Å². The Balaban J connectivity index is 2.04. The number of para-hydroxylation sites is 1. The Morgan fingerprint density at radius 3 is 3.06 bits per heavy atom. The Hall–Kier alpha value is -1.12. The van der Waals surface area contributed by atoms with Crippen molar-refractivity contribution < 1.29 is 14.6 Å². The molecule has 1 aromatic rings. The van der Waals surface area contributed by atoms with Gasteiger partial charge in [-0.05, 0) is 12.5 Å². The summed E-state index contributed by atoms with van der Waals surface area (Å²) in [6.45, 7) is 1.30. The maximum Gasteiger partial charge on any atom is 0.303 e. The first-order valence-corrected chi connectivity index (χ1v) is 6.12. The van der Waals surface area contributed by atoms with Crippen molar-refractivity contribution in [1.82, 2.24) is 4.67 Å². The minimum atomic E-state index is -0.759. The lowest BCUT2D eigenvalue weighted by atomic mass is 10.1. The van der Waals surface area contributed by atoms with E-state index >= 15 is 0 Å². The van der Waals surface area contributed by atoms with Gasteiger partial charge < -0.3 is 9.84 Å². The number of nitrogens with zero attached hydrogens (tertiary/aromatic N) is 1. The van der Waals surface area contributed by atoms with E-state index in [1.165, 1.54) is 0 Å². The topological polar surface area (TPSA) is 49.8 Å². The van der Waals surface area contributed by atoms with Crippen LogP contribution in [0.1, 0.15) is 18.4 Å². The highest BCUT2D eigenvalue weighted by atomic mass is 31.0. The summed E-state index contributed by atoms with van der Waals surface area (Å²) in [5, 5.41) is 8.71. The van der Waals surface area contributed by atoms with Crippen LogP contribution in [0.5, 0.6) is 5.75 Å². The number of benzene rings is 1. The summed E-state index contributed by atoms with van der Waals surface area (Å²) in [6, 6.07) is 8.05. The van der Waals surface area contributed by atoms with Crippen LogP contribution in [0.3, 0.4) is 0 Å². The van der Waals surface area contributed by atoms with E-state index in [1.54, 1.807) is 0 Å². The van der Waals surface area contributed by atoms with E-state index in [0.717, 1.165) is 17.9 Å². The van der Waals surface area contributed by atoms with E-state index in [9.17, 15) is 4.79 Å². The maximum atomic E-state index is 10.6. The number of rotatable bonds is 3. The van der Waals surface area contributed by atoms with Crippen LogP contribution in [0.25, 0.3) is 0 Å². The summed E-state index contributed by atoms with van der Waals surface area (Å²) in [7, 11) is 2.67. The molecular formula is C12H16NO3P. The van der Waals surface area contributed by atoms with Crippen molar-refractivity contribution in [3.05, 3.63) is 29.8 Å². The third-order valence-corrected chi connectivity index (χ3v) is 3.52. The van der Waals surface area contributed by atoms with E-state index in [2.05, 4.69) is 14.1 Å². The first kappa shape index (κ1) is 12.3. The fraction of sp³-hybridized carbons (Fsp3) is 0.417. The number of fused-ring (bicyclic) bond motifs is 1. The second kappa shape index (κ2) is 5.48. The Morgan fingerprint density at radius 1 is 1.53 bits per heavy atom. The van der Waals surface area contributed by atoms with Crippen LogP contribution in [-0.2, 0) is 11.3 Å². The van der Waals surface area contributed by atoms with Crippen molar-refractivity contribution in [3.8, 4) is 5.75 Å². The van der Waals surface area contributed by atoms with E-state index in [4.69, 9.17) is 9.84 Å². The van der Waals surface area contributed by atoms with E-state index in [0.29, 0.717) is 13.0 Å². The molecule has 0 aliphatic carbocycles. The fourth-order valence-corrected chi connectivity index (χ4v) is 2.35. The molecular weight excluding hydrogens is 237 g/mol. The van der Waals surface area contributed by atoms with Crippen molar-refractivity contribution in [1.29, 1.82) is 0 Å². The normalized spacial score (nSPS) is 20.2. The SMILES string of the molecule is O=C(O)CCC1COc2ccccc2CN1P. The Kier molecular flexibility index (Phi) is 3.97. The number of carboxylic acid groups (broad SMARTS) is 1. The van der Waals surface area contributed by atoms with Gasteiger partial charge in [-0.3, -0.25) is 9.46 Å². The maximum absolute atomic E-state index is 10.6. The van der Waals surface area contributed by atoms with Crippen LogP contribution in [0.2, 0.25) is 0 Å². The van der Waals surface area contributed by atoms with Crippen molar-refractivity contribution in [2.75, 3.05) is 6.61 Å². The molecule has 0 spiro atoms. The summed E-state index contributed by atoms with van der Waals surface area (Å²) in [6.07, 6.45) is 0.780. The summed E-state index contributed by atoms with van der Waals surface area (Å²) in [5.41, 5.74) is 1.14. The van der Waals surface area contributed by atoms with Gasteiger partial charge in [0.2, 0.25) is 0 Å². The van der Waals surface area contributed by atoms with E-state index in [-0.39, 0.29) is 12.5 Å². The fourth-order valence-electron chi connectivity index (χ4n) is 1.92. The molecule has 1 aliphatic rings. The third kappa shape index (κ3) is 3.18. The lowest BCUT2D eigenvalue weighted by Crippen LogP contribution is -2.30. The Morgan fingerprint density at radius 2 is 2.29 bits per heavy atom. The van der Waals surface area contributed by atoms with Gasteiger partial charge in [-0.15, -0.1) is 0 Å². The number of carbonyl (C=O) groups is 1. The molecule has 0 fully saturated rings. The molecule has 0 amide bonds. The summed E-state index contributed by atoms with van der Waals surface area (Å²) >= 11 is 0. The molecule has 0 saturated carbocycles. The zero-order valence-corrected chi connectivity index (χ0v) is 10.7. The molecule has 1 heterocycles. The predicted octanol–water partition coefficient (Wildman–Crippen LogP) is 1.90. The molecule has 1 N–H and O–H groups in total. The van der Waals surface area contributed by atoms with Gasteiger partial charge in [0.1, 0.15) is 12.4 Å². The predicted molar refractivity (Wildman–Crippen MR) is 67.8 cm³/mol. The third-order valence-electron chi connectivity index (χ3n) is 2.92. The zero-order chi connectivity index (χ0) is 12.3. The quantitative estimate of drug-likeness (QED) is 0.836. The number of hydrogen-bond donors (Lipinski definition) is 1. The van der Waals surface area contributed by atoms with Crippen LogP contribution < -0.4 is 4.74 Å². The van der Waals surface area contributed by atoms with Crippen LogP contribution in [0.4, 0.5) is 0 Å². The number of ether oxygens (including phenoxy) is 1. The molecule has 92 valence electrons. The summed E-state index contributed by atoms with van der Waals surface area (Å²) < 4.78 is 7.79. The molecule has 0 bridgehead atoms. The zero-order valence-electron chi connectivity index (χ0n) is 9.50. The van der Waals surface area contributed by atoms with Crippen molar-refractivity contribution >= 4 is 15.4 Å². The van der Waals surface area contributed by atoms with E-state index < -0.39 is 5.97 Å². The molecule has 2 unspecified atom stereocenters. The molecule has 0 saturated heterocycles. The van der Waals surface area contributed by atoms with Crippen LogP contribution >= 0.6 is 9.39 Å². The largest absolute Gasteiger partial charge is 0.492 e. The first-order valence-electron chi connectivity index (χ1n) is 5.60. The second-order valence-electron chi connectivity index (χ2n) is 4.18. The van der Waals surface area contributed by atoms with Gasteiger partial charge >= 0.3 is 5.97 Å². The summed E-state index contributed by atoms with van der Waals surface area (Å²) in [5.74, 6) is 0.142. The molecule has 0 radical (unpaired) electrons. The molecule has 4 nitrogen and oxygen atoms in total. The Labute approximate surface area is 103 Å². The smallest absolute Gasteiger partial charge is 0.303 e. The Bertz CT molecular complexity index is 410. The molecule has 0 aromatic heterocycles.